The summed E-state index contributed by atoms with van der Waals surface area (Å²) < 4.78 is 5.02. The monoisotopic (exact) mass is 335 g/mol. The SMILES string of the molecule is CCOC(=O)[C@@H](/C(C)=N\NC(=O)c1ccc([N+](=O)[O-])cc1)C(C)C. The Morgan fingerprint density at radius 1 is 1.29 bits per heavy atom. The number of nitro groups is 1. The van der Waals surface area contributed by atoms with Crippen molar-refractivity contribution in [1.29, 1.82) is 0 Å². The number of carbonyl (C=O) groups is 2. The lowest BCUT2D eigenvalue weighted by atomic mass is 9.92. The van der Waals surface area contributed by atoms with Crippen LogP contribution in [0.5, 0.6) is 0 Å². The lowest BCUT2D eigenvalue weighted by molar-refractivity contribution is -0.384. The summed E-state index contributed by atoms with van der Waals surface area (Å²) in [4.78, 5) is 34.0. The van der Waals surface area contributed by atoms with Gasteiger partial charge >= 0.3 is 5.97 Å². The molecule has 1 aromatic rings. The fourth-order valence-electron chi connectivity index (χ4n) is 2.16. The maximum Gasteiger partial charge on any atom is 0.314 e. The molecular formula is C16H21N3O5. The van der Waals surface area contributed by atoms with Crippen LogP contribution in [0, 0.1) is 22.0 Å². The molecule has 0 aliphatic rings. The van der Waals surface area contributed by atoms with Crippen molar-refractivity contribution >= 4 is 23.3 Å². The second kappa shape index (κ2) is 8.76. The number of hydrogen-bond acceptors (Lipinski definition) is 6. The smallest absolute Gasteiger partial charge is 0.314 e. The minimum Gasteiger partial charge on any atom is -0.465 e. The van der Waals surface area contributed by atoms with Gasteiger partial charge in [0, 0.05) is 23.4 Å². The Labute approximate surface area is 140 Å². The summed E-state index contributed by atoms with van der Waals surface area (Å²) >= 11 is 0. The van der Waals surface area contributed by atoms with Gasteiger partial charge in [0.15, 0.2) is 0 Å². The van der Waals surface area contributed by atoms with Crippen molar-refractivity contribution in [2.45, 2.75) is 27.7 Å². The fraction of sp³-hybridized carbons (Fsp3) is 0.438. The third-order valence-corrected chi connectivity index (χ3v) is 3.33. The summed E-state index contributed by atoms with van der Waals surface area (Å²) in [5.41, 5.74) is 2.91. The predicted octanol–water partition coefficient (Wildman–Crippen LogP) is 2.54. The Kier molecular flexibility index (Phi) is 7.03. The van der Waals surface area contributed by atoms with Gasteiger partial charge in [0.1, 0.15) is 0 Å². The van der Waals surface area contributed by atoms with Crippen LogP contribution in [0.1, 0.15) is 38.1 Å². The molecule has 0 unspecified atom stereocenters. The zero-order valence-corrected chi connectivity index (χ0v) is 14.1. The molecule has 0 aromatic heterocycles. The standard InChI is InChI=1S/C16H21N3O5/c1-5-24-16(21)14(10(2)3)11(4)17-18-15(20)12-6-8-13(9-7-12)19(22)23/h6-10,14H,5H2,1-4H3,(H,18,20)/b17-11-/t14-/m1/s1. The third kappa shape index (κ3) is 5.15. The Morgan fingerprint density at radius 3 is 2.33 bits per heavy atom. The second-order valence-corrected chi connectivity index (χ2v) is 5.47. The number of hydrogen-bond donors (Lipinski definition) is 1. The third-order valence-electron chi connectivity index (χ3n) is 3.33. The fourth-order valence-corrected chi connectivity index (χ4v) is 2.16. The van der Waals surface area contributed by atoms with Crippen LogP contribution in [0.25, 0.3) is 0 Å². The average molecular weight is 335 g/mol. The van der Waals surface area contributed by atoms with Crippen molar-refractivity contribution in [3.8, 4) is 0 Å². The minimum absolute atomic E-state index is 0.0379. The van der Waals surface area contributed by atoms with Crippen molar-refractivity contribution in [1.82, 2.24) is 5.43 Å². The molecular weight excluding hydrogens is 314 g/mol. The van der Waals surface area contributed by atoms with Crippen molar-refractivity contribution in [3.05, 3.63) is 39.9 Å². The number of carbonyl (C=O) groups excluding carboxylic acids is 2. The van der Waals surface area contributed by atoms with Crippen LogP contribution in [0.3, 0.4) is 0 Å². The highest BCUT2D eigenvalue weighted by Gasteiger charge is 2.26. The number of benzene rings is 1. The molecule has 0 radical (unpaired) electrons. The van der Waals surface area contributed by atoms with Gasteiger partial charge in [0.2, 0.25) is 0 Å². The van der Waals surface area contributed by atoms with Crippen molar-refractivity contribution < 1.29 is 19.2 Å². The summed E-state index contributed by atoms with van der Waals surface area (Å²) in [5.74, 6) is -1.50. The van der Waals surface area contributed by atoms with Crippen molar-refractivity contribution in [2.75, 3.05) is 6.61 Å². The molecule has 1 aromatic carbocycles. The first-order valence-corrected chi connectivity index (χ1v) is 7.53. The van der Waals surface area contributed by atoms with Crippen molar-refractivity contribution in [2.24, 2.45) is 16.9 Å². The van der Waals surface area contributed by atoms with E-state index in [1.807, 2.05) is 13.8 Å². The molecule has 1 amide bonds. The lowest BCUT2D eigenvalue weighted by Crippen LogP contribution is -2.31. The van der Waals surface area contributed by atoms with E-state index < -0.39 is 22.7 Å². The quantitative estimate of drug-likeness (QED) is 0.356. The minimum atomic E-state index is -0.554. The Hall–Kier alpha value is -2.77. The van der Waals surface area contributed by atoms with E-state index in [0.717, 1.165) is 0 Å². The zero-order chi connectivity index (χ0) is 18.3. The first-order valence-electron chi connectivity index (χ1n) is 7.53. The molecule has 0 spiro atoms. The molecule has 24 heavy (non-hydrogen) atoms. The van der Waals surface area contributed by atoms with Crippen molar-refractivity contribution in [3.63, 3.8) is 0 Å². The lowest BCUT2D eigenvalue weighted by Gasteiger charge is -2.18. The summed E-state index contributed by atoms with van der Waals surface area (Å²) in [6.45, 7) is 7.35. The number of ether oxygens (including phenoxy) is 1. The van der Waals surface area contributed by atoms with Crippen LogP contribution < -0.4 is 5.43 Å². The number of nitrogens with one attached hydrogen (secondary N) is 1. The molecule has 0 aliphatic heterocycles. The van der Waals surface area contributed by atoms with E-state index in [-0.39, 0.29) is 23.8 Å². The van der Waals surface area contributed by atoms with Gasteiger partial charge in [-0.2, -0.15) is 5.10 Å². The van der Waals surface area contributed by atoms with Crippen LogP contribution in [-0.2, 0) is 9.53 Å². The molecule has 1 atom stereocenters. The van der Waals surface area contributed by atoms with Crippen LogP contribution >= 0.6 is 0 Å². The molecule has 0 saturated carbocycles. The maximum atomic E-state index is 12.0. The molecule has 0 heterocycles. The molecule has 0 aliphatic carbocycles. The number of non-ortho nitro benzene ring substituents is 1. The predicted molar refractivity (Wildman–Crippen MR) is 88.6 cm³/mol. The summed E-state index contributed by atoms with van der Waals surface area (Å²) in [6, 6.07) is 5.15. The number of amides is 1. The average Bonchev–Trinajstić information content (AvgIpc) is 2.52. The second-order valence-electron chi connectivity index (χ2n) is 5.47. The van der Waals surface area contributed by atoms with Gasteiger partial charge in [0.05, 0.1) is 17.4 Å². The normalized spacial score (nSPS) is 12.6. The number of esters is 1. The topological polar surface area (TPSA) is 111 Å². The molecule has 0 saturated heterocycles. The number of hydrazone groups is 1. The van der Waals surface area contributed by atoms with Crippen LogP contribution in [0.2, 0.25) is 0 Å². The van der Waals surface area contributed by atoms with Gasteiger partial charge in [0.25, 0.3) is 11.6 Å². The van der Waals surface area contributed by atoms with E-state index in [1.54, 1.807) is 13.8 Å². The van der Waals surface area contributed by atoms with Gasteiger partial charge < -0.3 is 4.74 Å². The Morgan fingerprint density at radius 2 is 1.88 bits per heavy atom. The van der Waals surface area contributed by atoms with E-state index in [2.05, 4.69) is 10.5 Å². The van der Waals surface area contributed by atoms with E-state index in [9.17, 15) is 19.7 Å². The van der Waals surface area contributed by atoms with Gasteiger partial charge in [-0.1, -0.05) is 13.8 Å². The molecule has 8 heteroatoms. The highest BCUT2D eigenvalue weighted by atomic mass is 16.6. The number of rotatable bonds is 7. The maximum absolute atomic E-state index is 12.0. The zero-order valence-electron chi connectivity index (χ0n) is 14.1. The van der Waals surface area contributed by atoms with E-state index in [4.69, 9.17) is 4.74 Å². The summed E-state index contributed by atoms with van der Waals surface area (Å²) in [6.07, 6.45) is 0. The van der Waals surface area contributed by atoms with Crippen LogP contribution in [0.4, 0.5) is 5.69 Å². The first-order chi connectivity index (χ1) is 11.3. The van der Waals surface area contributed by atoms with Crippen LogP contribution in [-0.4, -0.2) is 29.1 Å². The summed E-state index contributed by atoms with van der Waals surface area (Å²) in [5, 5.41) is 14.6. The first kappa shape index (κ1) is 19.3. The Balaban J connectivity index is 2.83. The van der Waals surface area contributed by atoms with E-state index in [1.165, 1.54) is 24.3 Å². The van der Waals surface area contributed by atoms with Gasteiger partial charge in [-0.15, -0.1) is 0 Å². The number of nitrogens with zero attached hydrogens (tertiary/aromatic N) is 2. The molecule has 130 valence electrons. The number of nitro benzene ring substituents is 1. The van der Waals surface area contributed by atoms with Gasteiger partial charge in [-0.25, -0.2) is 5.43 Å². The van der Waals surface area contributed by atoms with Crippen LogP contribution in [0.15, 0.2) is 29.4 Å². The van der Waals surface area contributed by atoms with Gasteiger partial charge in [-0.3, -0.25) is 19.7 Å². The van der Waals surface area contributed by atoms with E-state index >= 15 is 0 Å². The molecule has 1 rings (SSSR count). The summed E-state index contributed by atoms with van der Waals surface area (Å²) in [7, 11) is 0. The molecule has 1 N–H and O–H groups in total. The van der Waals surface area contributed by atoms with Gasteiger partial charge in [-0.05, 0) is 31.9 Å². The largest absolute Gasteiger partial charge is 0.465 e. The Bertz CT molecular complexity index is 638. The highest BCUT2D eigenvalue weighted by molar-refractivity contribution is 6.02. The van der Waals surface area contributed by atoms with E-state index in [0.29, 0.717) is 5.71 Å². The molecule has 8 nitrogen and oxygen atoms in total. The molecule has 0 bridgehead atoms. The molecule has 0 fully saturated rings. The highest BCUT2D eigenvalue weighted by Crippen LogP contribution is 2.15.